The predicted molar refractivity (Wildman–Crippen MR) is 117 cm³/mol. The summed E-state index contributed by atoms with van der Waals surface area (Å²) in [4.78, 5) is 17.4. The Morgan fingerprint density at radius 3 is 2.70 bits per heavy atom. The molecule has 2 aromatic heterocycles. The maximum atomic E-state index is 12.8. The molecular weight excluding hydrogens is 400 g/mol. The molecule has 158 valence electrons. The van der Waals surface area contributed by atoms with E-state index in [-0.39, 0.29) is 11.9 Å². The van der Waals surface area contributed by atoms with Crippen LogP contribution in [0.15, 0.2) is 24.4 Å². The SMILES string of the molecule is COC(=O)C(C)(C)[C@@H](c1cnc(C)c(CCl)c1)c1ccc2c(nnn2C2CC2)c1C. The average molecular weight is 427 g/mol. The second-order valence-corrected chi connectivity index (χ2v) is 8.97. The van der Waals surface area contributed by atoms with E-state index in [1.54, 1.807) is 0 Å². The molecule has 6 nitrogen and oxygen atoms in total. The van der Waals surface area contributed by atoms with Gasteiger partial charge in [-0.25, -0.2) is 4.68 Å². The molecule has 4 rings (SSSR count). The highest BCUT2D eigenvalue weighted by Crippen LogP contribution is 2.45. The van der Waals surface area contributed by atoms with Crippen LogP contribution in [-0.2, 0) is 15.4 Å². The molecule has 0 amide bonds. The van der Waals surface area contributed by atoms with Crippen molar-refractivity contribution in [1.82, 2.24) is 20.0 Å². The Bertz CT molecular complexity index is 1120. The Morgan fingerprint density at radius 1 is 1.33 bits per heavy atom. The molecule has 0 radical (unpaired) electrons. The number of carbonyl (C=O) groups is 1. The van der Waals surface area contributed by atoms with E-state index in [1.807, 2.05) is 38.6 Å². The number of aryl methyl sites for hydroxylation is 2. The first-order chi connectivity index (χ1) is 14.3. The first-order valence-corrected chi connectivity index (χ1v) is 10.8. The smallest absolute Gasteiger partial charge is 0.312 e. The minimum atomic E-state index is -0.819. The highest BCUT2D eigenvalue weighted by Gasteiger charge is 2.41. The molecule has 1 saturated carbocycles. The van der Waals surface area contributed by atoms with Crippen LogP contribution >= 0.6 is 11.6 Å². The number of hydrogen-bond donors (Lipinski definition) is 0. The summed E-state index contributed by atoms with van der Waals surface area (Å²) in [5.41, 5.74) is 5.92. The van der Waals surface area contributed by atoms with Crippen LogP contribution in [0, 0.1) is 19.3 Å². The van der Waals surface area contributed by atoms with Gasteiger partial charge in [0.05, 0.1) is 24.1 Å². The van der Waals surface area contributed by atoms with E-state index in [0.29, 0.717) is 11.9 Å². The zero-order chi connectivity index (χ0) is 21.6. The van der Waals surface area contributed by atoms with Crippen molar-refractivity contribution in [2.24, 2.45) is 5.41 Å². The fourth-order valence-corrected chi connectivity index (χ4v) is 4.58. The van der Waals surface area contributed by atoms with Crippen LogP contribution in [0.2, 0.25) is 0 Å². The zero-order valence-corrected chi connectivity index (χ0v) is 18.8. The summed E-state index contributed by atoms with van der Waals surface area (Å²) in [6, 6.07) is 6.67. The van der Waals surface area contributed by atoms with E-state index in [4.69, 9.17) is 16.3 Å². The van der Waals surface area contributed by atoms with E-state index in [2.05, 4.69) is 33.5 Å². The first-order valence-electron chi connectivity index (χ1n) is 10.2. The lowest BCUT2D eigenvalue weighted by atomic mass is 9.70. The molecule has 1 aliphatic carbocycles. The standard InChI is InChI=1S/C23H27ClN4O2/c1-13-18(8-9-19-21(13)26-27-28(19)17-6-7-17)20(23(3,4)22(29)30-5)16-10-15(11-24)14(2)25-12-16/h8-10,12,17,20H,6-7,11H2,1-5H3/t20-/m0/s1. The van der Waals surface area contributed by atoms with Gasteiger partial charge in [0.15, 0.2) is 0 Å². The Morgan fingerprint density at radius 2 is 2.07 bits per heavy atom. The number of carbonyl (C=O) groups excluding carboxylic acids is 1. The van der Waals surface area contributed by atoms with Crippen molar-refractivity contribution in [2.45, 2.75) is 58.4 Å². The van der Waals surface area contributed by atoms with E-state index < -0.39 is 5.41 Å². The first kappa shape index (κ1) is 20.8. The van der Waals surface area contributed by atoms with Crippen LogP contribution in [0.1, 0.15) is 66.6 Å². The fraction of sp³-hybridized carbons (Fsp3) is 0.478. The molecule has 0 saturated heterocycles. The van der Waals surface area contributed by atoms with Gasteiger partial charge in [-0.1, -0.05) is 17.3 Å². The third kappa shape index (κ3) is 3.37. The summed E-state index contributed by atoms with van der Waals surface area (Å²) in [5.74, 6) is -0.177. The molecule has 3 aromatic rings. The number of methoxy groups -OCH3 is 1. The van der Waals surface area contributed by atoms with Crippen molar-refractivity contribution in [2.75, 3.05) is 7.11 Å². The van der Waals surface area contributed by atoms with E-state index in [0.717, 1.165) is 51.8 Å². The van der Waals surface area contributed by atoms with Crippen molar-refractivity contribution in [3.8, 4) is 0 Å². The number of ether oxygens (including phenoxy) is 1. The Hall–Kier alpha value is -2.47. The van der Waals surface area contributed by atoms with Crippen LogP contribution in [0.3, 0.4) is 0 Å². The lowest BCUT2D eigenvalue weighted by Gasteiger charge is -2.33. The van der Waals surface area contributed by atoms with Crippen LogP contribution in [0.4, 0.5) is 0 Å². The molecule has 0 N–H and O–H groups in total. The molecule has 7 heteroatoms. The molecule has 0 aliphatic heterocycles. The summed E-state index contributed by atoms with van der Waals surface area (Å²) < 4.78 is 7.19. The van der Waals surface area contributed by atoms with Crippen LogP contribution in [0.25, 0.3) is 11.0 Å². The second-order valence-electron chi connectivity index (χ2n) is 8.71. The van der Waals surface area contributed by atoms with Gasteiger partial charge in [-0.15, -0.1) is 16.7 Å². The van der Waals surface area contributed by atoms with Crippen molar-refractivity contribution >= 4 is 28.6 Å². The summed E-state index contributed by atoms with van der Waals surface area (Å²) in [6.07, 6.45) is 4.13. The van der Waals surface area contributed by atoms with Crippen molar-refractivity contribution in [3.05, 3.63) is 52.3 Å². The number of aromatic nitrogens is 4. The van der Waals surface area contributed by atoms with E-state index in [9.17, 15) is 4.79 Å². The maximum absolute atomic E-state index is 12.8. The van der Waals surface area contributed by atoms with E-state index in [1.165, 1.54) is 7.11 Å². The topological polar surface area (TPSA) is 69.9 Å². The normalized spacial score (nSPS) is 15.4. The fourth-order valence-electron chi connectivity index (χ4n) is 4.31. The molecular formula is C23H27ClN4O2. The lowest BCUT2D eigenvalue weighted by Crippen LogP contribution is -2.34. The quantitative estimate of drug-likeness (QED) is 0.416. The molecule has 1 aromatic carbocycles. The molecule has 2 heterocycles. The largest absolute Gasteiger partial charge is 0.469 e. The second kappa shape index (κ2) is 7.65. The molecule has 1 fully saturated rings. The van der Waals surface area contributed by atoms with Gasteiger partial charge in [0.1, 0.15) is 5.52 Å². The molecule has 0 bridgehead atoms. The molecule has 1 aliphatic rings. The average Bonchev–Trinajstić information content (AvgIpc) is 3.48. The number of benzene rings is 1. The molecule has 0 unspecified atom stereocenters. The lowest BCUT2D eigenvalue weighted by molar-refractivity contribution is -0.151. The number of fused-ring (bicyclic) bond motifs is 1. The van der Waals surface area contributed by atoms with Gasteiger partial charge in [0.25, 0.3) is 0 Å². The van der Waals surface area contributed by atoms with Gasteiger partial charge in [0.2, 0.25) is 0 Å². The Labute approximate surface area is 181 Å². The summed E-state index contributed by atoms with van der Waals surface area (Å²) in [7, 11) is 1.43. The summed E-state index contributed by atoms with van der Waals surface area (Å²) in [6.45, 7) is 7.81. The van der Waals surface area contributed by atoms with Gasteiger partial charge >= 0.3 is 5.97 Å². The third-order valence-electron chi connectivity index (χ3n) is 6.27. The minimum Gasteiger partial charge on any atom is -0.469 e. The van der Waals surface area contributed by atoms with Crippen LogP contribution < -0.4 is 0 Å². The number of nitrogens with zero attached hydrogens (tertiary/aromatic N) is 4. The van der Waals surface area contributed by atoms with Gasteiger partial charge in [-0.3, -0.25) is 9.78 Å². The van der Waals surface area contributed by atoms with Gasteiger partial charge in [0, 0.05) is 23.7 Å². The van der Waals surface area contributed by atoms with Crippen molar-refractivity contribution < 1.29 is 9.53 Å². The van der Waals surface area contributed by atoms with Crippen LogP contribution in [-0.4, -0.2) is 33.1 Å². The number of rotatable bonds is 6. The highest BCUT2D eigenvalue weighted by molar-refractivity contribution is 6.17. The Balaban J connectivity index is 1.92. The summed E-state index contributed by atoms with van der Waals surface area (Å²) in [5, 5.41) is 8.86. The number of pyridine rings is 1. The minimum absolute atomic E-state index is 0.268. The van der Waals surface area contributed by atoms with Gasteiger partial charge in [-0.2, -0.15) is 0 Å². The van der Waals surface area contributed by atoms with Gasteiger partial charge < -0.3 is 4.74 Å². The van der Waals surface area contributed by atoms with Crippen molar-refractivity contribution in [3.63, 3.8) is 0 Å². The third-order valence-corrected chi connectivity index (χ3v) is 6.55. The van der Waals surface area contributed by atoms with Gasteiger partial charge in [-0.05, 0) is 68.9 Å². The molecule has 1 atom stereocenters. The van der Waals surface area contributed by atoms with Crippen molar-refractivity contribution in [1.29, 1.82) is 0 Å². The predicted octanol–water partition coefficient (Wildman–Crippen LogP) is 4.85. The number of esters is 1. The van der Waals surface area contributed by atoms with Crippen LogP contribution in [0.5, 0.6) is 0 Å². The maximum Gasteiger partial charge on any atom is 0.312 e. The number of hydrogen-bond acceptors (Lipinski definition) is 5. The Kier molecular flexibility index (Phi) is 5.30. The van der Waals surface area contributed by atoms with E-state index >= 15 is 0 Å². The molecule has 0 spiro atoms. The number of alkyl halides is 1. The number of halogens is 1. The molecule has 30 heavy (non-hydrogen) atoms. The summed E-state index contributed by atoms with van der Waals surface area (Å²) >= 11 is 6.15. The monoisotopic (exact) mass is 426 g/mol. The zero-order valence-electron chi connectivity index (χ0n) is 18.1. The highest BCUT2D eigenvalue weighted by atomic mass is 35.5.